The average molecular weight is 416 g/mol. The molecule has 2 heterocycles. The highest BCUT2D eigenvalue weighted by molar-refractivity contribution is 7.99. The van der Waals surface area contributed by atoms with Gasteiger partial charge in [0.15, 0.2) is 16.1 Å². The maximum atomic E-state index is 12.3. The van der Waals surface area contributed by atoms with Crippen molar-refractivity contribution < 1.29 is 4.79 Å². The van der Waals surface area contributed by atoms with Gasteiger partial charge in [-0.3, -0.25) is 4.79 Å². The van der Waals surface area contributed by atoms with Gasteiger partial charge in [-0.05, 0) is 24.3 Å². The number of thiazole rings is 1. The Morgan fingerprint density at radius 1 is 1.19 bits per heavy atom. The van der Waals surface area contributed by atoms with Gasteiger partial charge in [0.25, 0.3) is 0 Å². The summed E-state index contributed by atoms with van der Waals surface area (Å²) >= 11 is 9.00. The highest BCUT2D eigenvalue weighted by atomic mass is 35.5. The summed E-state index contributed by atoms with van der Waals surface area (Å²) < 4.78 is 2.87. The average Bonchev–Trinajstić information content (AvgIpc) is 3.23. The van der Waals surface area contributed by atoms with Crippen molar-refractivity contribution in [2.24, 2.45) is 7.05 Å². The third-order valence-corrected chi connectivity index (χ3v) is 6.12. The predicted octanol–water partition coefficient (Wildman–Crippen LogP) is 4.48. The molecule has 2 aromatic heterocycles. The number of halogens is 1. The Kier molecular flexibility index (Phi) is 5.11. The maximum Gasteiger partial charge on any atom is 0.236 e. The monoisotopic (exact) mass is 415 g/mol. The van der Waals surface area contributed by atoms with Crippen molar-refractivity contribution in [1.82, 2.24) is 19.7 Å². The molecule has 2 aromatic carbocycles. The maximum absolute atomic E-state index is 12.3. The summed E-state index contributed by atoms with van der Waals surface area (Å²) in [5, 5.41) is 13.1. The summed E-state index contributed by atoms with van der Waals surface area (Å²) in [6, 6.07) is 15.2. The summed E-state index contributed by atoms with van der Waals surface area (Å²) in [6.45, 7) is 0. The zero-order valence-electron chi connectivity index (χ0n) is 14.2. The van der Waals surface area contributed by atoms with Crippen molar-refractivity contribution in [3.63, 3.8) is 0 Å². The molecule has 1 N–H and O–H groups in total. The first-order valence-electron chi connectivity index (χ1n) is 8.04. The van der Waals surface area contributed by atoms with E-state index in [1.807, 2.05) is 60.1 Å². The molecule has 0 saturated heterocycles. The number of para-hydroxylation sites is 1. The molecule has 0 fully saturated rings. The molecule has 6 nitrogen and oxygen atoms in total. The number of fused-ring (bicyclic) bond motifs is 1. The number of carbonyl (C=O) groups excluding carboxylic acids is 1. The Morgan fingerprint density at radius 2 is 1.96 bits per heavy atom. The van der Waals surface area contributed by atoms with Crippen LogP contribution >= 0.6 is 34.7 Å². The van der Waals surface area contributed by atoms with E-state index in [0.29, 0.717) is 21.1 Å². The Hall–Kier alpha value is -2.42. The second-order valence-corrected chi connectivity index (χ2v) is 8.05. The quantitative estimate of drug-likeness (QED) is 0.486. The van der Waals surface area contributed by atoms with E-state index in [9.17, 15) is 4.79 Å². The van der Waals surface area contributed by atoms with Crippen molar-refractivity contribution in [3.05, 3.63) is 53.6 Å². The number of hydrogen-bond donors (Lipinski definition) is 1. The number of nitrogens with one attached hydrogen (secondary N) is 1. The number of anilines is 1. The van der Waals surface area contributed by atoms with Crippen LogP contribution < -0.4 is 5.32 Å². The second-order valence-electron chi connectivity index (χ2n) is 5.67. The number of amides is 1. The van der Waals surface area contributed by atoms with Gasteiger partial charge >= 0.3 is 0 Å². The number of nitrogens with zero attached hydrogens (tertiary/aromatic N) is 4. The molecule has 4 rings (SSSR count). The molecular formula is C18H14ClN5OS2. The van der Waals surface area contributed by atoms with Gasteiger partial charge in [-0.1, -0.05) is 59.0 Å². The van der Waals surface area contributed by atoms with Gasteiger partial charge in [0, 0.05) is 12.6 Å². The molecule has 1 amide bonds. The van der Waals surface area contributed by atoms with Crippen LogP contribution in [0, 0.1) is 0 Å². The predicted molar refractivity (Wildman–Crippen MR) is 110 cm³/mol. The second kappa shape index (κ2) is 7.67. The van der Waals surface area contributed by atoms with Crippen molar-refractivity contribution in [2.75, 3.05) is 11.1 Å². The number of hydrogen-bond acceptors (Lipinski definition) is 6. The molecule has 0 aliphatic carbocycles. The Balaban J connectivity index is 1.43. The van der Waals surface area contributed by atoms with Gasteiger partial charge < -0.3 is 9.88 Å². The fourth-order valence-corrected chi connectivity index (χ4v) is 4.34. The van der Waals surface area contributed by atoms with E-state index < -0.39 is 0 Å². The smallest absolute Gasteiger partial charge is 0.236 e. The van der Waals surface area contributed by atoms with Crippen molar-refractivity contribution >= 4 is 56.0 Å². The third-order valence-electron chi connectivity index (χ3n) is 3.82. The van der Waals surface area contributed by atoms with Crippen LogP contribution in [0.3, 0.4) is 0 Å². The molecule has 0 aliphatic heterocycles. The van der Waals surface area contributed by atoms with Crippen molar-refractivity contribution in [3.8, 4) is 11.4 Å². The van der Waals surface area contributed by atoms with E-state index in [1.54, 1.807) is 0 Å². The first-order valence-corrected chi connectivity index (χ1v) is 10.2. The van der Waals surface area contributed by atoms with E-state index in [2.05, 4.69) is 20.5 Å². The molecule has 0 atom stereocenters. The van der Waals surface area contributed by atoms with E-state index in [0.717, 1.165) is 15.8 Å². The van der Waals surface area contributed by atoms with E-state index in [-0.39, 0.29) is 11.7 Å². The van der Waals surface area contributed by atoms with Gasteiger partial charge in [0.05, 0.1) is 21.0 Å². The summed E-state index contributed by atoms with van der Waals surface area (Å²) in [4.78, 5) is 16.7. The van der Waals surface area contributed by atoms with Crippen LogP contribution in [-0.4, -0.2) is 31.4 Å². The molecule has 9 heteroatoms. The van der Waals surface area contributed by atoms with Crippen LogP contribution in [-0.2, 0) is 11.8 Å². The third kappa shape index (κ3) is 3.83. The van der Waals surface area contributed by atoms with Gasteiger partial charge in [-0.15, -0.1) is 10.2 Å². The molecule has 4 aromatic rings. The highest BCUT2D eigenvalue weighted by Gasteiger charge is 2.15. The summed E-state index contributed by atoms with van der Waals surface area (Å²) in [6.07, 6.45) is 0. The molecule has 0 saturated carbocycles. The lowest BCUT2D eigenvalue weighted by Crippen LogP contribution is -2.14. The van der Waals surface area contributed by atoms with E-state index in [4.69, 9.17) is 11.6 Å². The lowest BCUT2D eigenvalue weighted by molar-refractivity contribution is -0.113. The minimum Gasteiger partial charge on any atom is -0.305 e. The van der Waals surface area contributed by atoms with Crippen LogP contribution in [0.15, 0.2) is 53.7 Å². The Morgan fingerprint density at radius 3 is 2.78 bits per heavy atom. The number of thioether (sulfide) groups is 1. The van der Waals surface area contributed by atoms with Crippen molar-refractivity contribution in [1.29, 1.82) is 0 Å². The summed E-state index contributed by atoms with van der Waals surface area (Å²) in [5.41, 5.74) is 1.68. The van der Waals surface area contributed by atoms with Gasteiger partial charge in [-0.25, -0.2) is 4.98 Å². The van der Waals surface area contributed by atoms with Gasteiger partial charge in [0.2, 0.25) is 5.91 Å². The SMILES string of the molecule is Cn1c(SCC(=O)Nc2nc3ccccc3s2)nnc1-c1ccccc1Cl. The number of aromatic nitrogens is 4. The van der Waals surface area contributed by atoms with Gasteiger partial charge in [-0.2, -0.15) is 0 Å². The lowest BCUT2D eigenvalue weighted by Gasteiger charge is -2.05. The molecule has 0 radical (unpaired) electrons. The van der Waals surface area contributed by atoms with Crippen LogP contribution in [0.25, 0.3) is 21.6 Å². The van der Waals surface area contributed by atoms with E-state index in [1.165, 1.54) is 23.1 Å². The zero-order chi connectivity index (χ0) is 18.8. The van der Waals surface area contributed by atoms with E-state index >= 15 is 0 Å². The van der Waals surface area contributed by atoms with Crippen LogP contribution in [0.5, 0.6) is 0 Å². The number of benzene rings is 2. The first-order chi connectivity index (χ1) is 13.1. The normalized spacial score (nSPS) is 11.0. The standard InChI is InChI=1S/C18H14ClN5OS2/c1-24-16(11-6-2-3-7-12(11)19)22-23-18(24)26-10-15(25)21-17-20-13-8-4-5-9-14(13)27-17/h2-9H,10H2,1H3,(H,20,21,25). The Labute approximate surface area is 168 Å². The molecule has 0 spiro atoms. The minimum atomic E-state index is -0.138. The highest BCUT2D eigenvalue weighted by Crippen LogP contribution is 2.29. The number of carbonyl (C=O) groups is 1. The zero-order valence-corrected chi connectivity index (χ0v) is 16.6. The lowest BCUT2D eigenvalue weighted by atomic mass is 10.2. The molecule has 27 heavy (non-hydrogen) atoms. The fourth-order valence-electron chi connectivity index (χ4n) is 2.53. The number of rotatable bonds is 5. The Bertz CT molecular complexity index is 1090. The topological polar surface area (TPSA) is 72.7 Å². The summed E-state index contributed by atoms with van der Waals surface area (Å²) in [7, 11) is 1.85. The molecule has 136 valence electrons. The molecule has 0 bridgehead atoms. The van der Waals surface area contributed by atoms with Crippen LogP contribution in [0.2, 0.25) is 5.02 Å². The summed E-state index contributed by atoms with van der Waals surface area (Å²) in [5.74, 6) is 0.737. The van der Waals surface area contributed by atoms with Gasteiger partial charge in [0.1, 0.15) is 0 Å². The molecule has 0 aliphatic rings. The molecular weight excluding hydrogens is 402 g/mol. The fraction of sp³-hybridized carbons (Fsp3) is 0.111. The first kappa shape index (κ1) is 18.0. The largest absolute Gasteiger partial charge is 0.305 e. The van der Waals surface area contributed by atoms with Crippen LogP contribution in [0.4, 0.5) is 5.13 Å². The van der Waals surface area contributed by atoms with Crippen molar-refractivity contribution in [2.45, 2.75) is 5.16 Å². The molecule has 0 unspecified atom stereocenters. The van der Waals surface area contributed by atoms with Crippen LogP contribution in [0.1, 0.15) is 0 Å². The minimum absolute atomic E-state index is 0.138.